The van der Waals surface area contributed by atoms with E-state index in [-0.39, 0.29) is 11.6 Å². The number of aromatic nitrogens is 1. The molecule has 1 saturated carbocycles. The molecule has 7 heteroatoms. The maximum absolute atomic E-state index is 12.4. The standard InChI is InChI=1S/C21H24N4O3/c26-20(16-6-7-19(21(27)28)22-13-16)23-17-2-1-3-18(12-17)25-10-8-24(9-11-25)14-15-4-5-15/h1-3,6-7,12-13,15H,4-5,8-11,14H2,(H,23,26)(H,27,28). The molecule has 2 heterocycles. The minimum atomic E-state index is -1.11. The Bertz CT molecular complexity index is 856. The van der Waals surface area contributed by atoms with Gasteiger partial charge in [0.1, 0.15) is 5.69 Å². The molecule has 0 bridgehead atoms. The molecule has 0 atom stereocenters. The molecule has 2 N–H and O–H groups in total. The summed E-state index contributed by atoms with van der Waals surface area (Å²) in [6.45, 7) is 5.37. The Labute approximate surface area is 164 Å². The van der Waals surface area contributed by atoms with Gasteiger partial charge in [0.15, 0.2) is 0 Å². The van der Waals surface area contributed by atoms with Crippen LogP contribution >= 0.6 is 0 Å². The number of nitrogens with zero attached hydrogens (tertiary/aromatic N) is 3. The molecule has 1 saturated heterocycles. The molecular weight excluding hydrogens is 356 g/mol. The number of hydrogen-bond donors (Lipinski definition) is 2. The summed E-state index contributed by atoms with van der Waals surface area (Å²) >= 11 is 0. The van der Waals surface area contributed by atoms with Gasteiger partial charge in [0, 0.05) is 50.3 Å². The number of carbonyl (C=O) groups excluding carboxylic acids is 1. The van der Waals surface area contributed by atoms with Crippen LogP contribution in [0.1, 0.15) is 33.7 Å². The number of carbonyl (C=O) groups is 2. The molecule has 1 aliphatic heterocycles. The molecule has 0 spiro atoms. The molecule has 1 amide bonds. The van der Waals surface area contributed by atoms with Crippen LogP contribution in [0.15, 0.2) is 42.6 Å². The quantitative estimate of drug-likeness (QED) is 0.801. The van der Waals surface area contributed by atoms with Crippen LogP contribution in [-0.2, 0) is 0 Å². The monoisotopic (exact) mass is 380 g/mol. The van der Waals surface area contributed by atoms with Crippen molar-refractivity contribution < 1.29 is 14.7 Å². The summed E-state index contributed by atoms with van der Waals surface area (Å²) in [6, 6.07) is 10.6. The topological polar surface area (TPSA) is 85.8 Å². The second kappa shape index (κ2) is 7.98. The van der Waals surface area contributed by atoms with E-state index in [2.05, 4.69) is 26.2 Å². The summed E-state index contributed by atoms with van der Waals surface area (Å²) in [5.74, 6) is -0.503. The molecule has 28 heavy (non-hydrogen) atoms. The van der Waals surface area contributed by atoms with Crippen molar-refractivity contribution in [1.29, 1.82) is 0 Å². The van der Waals surface area contributed by atoms with E-state index in [1.807, 2.05) is 18.2 Å². The van der Waals surface area contributed by atoms with E-state index in [1.165, 1.54) is 37.7 Å². The van der Waals surface area contributed by atoms with E-state index in [9.17, 15) is 9.59 Å². The molecule has 2 aliphatic rings. The van der Waals surface area contributed by atoms with Crippen molar-refractivity contribution in [3.8, 4) is 0 Å². The minimum Gasteiger partial charge on any atom is -0.477 e. The first-order valence-corrected chi connectivity index (χ1v) is 9.66. The van der Waals surface area contributed by atoms with Crippen molar-refractivity contribution in [2.45, 2.75) is 12.8 Å². The molecule has 1 aromatic carbocycles. The lowest BCUT2D eigenvalue weighted by molar-refractivity contribution is 0.0690. The second-order valence-corrected chi connectivity index (χ2v) is 7.47. The van der Waals surface area contributed by atoms with Crippen molar-refractivity contribution in [2.75, 3.05) is 42.9 Å². The van der Waals surface area contributed by atoms with Crippen LogP contribution in [0.4, 0.5) is 11.4 Å². The molecule has 7 nitrogen and oxygen atoms in total. The zero-order chi connectivity index (χ0) is 19.5. The number of nitrogens with one attached hydrogen (secondary N) is 1. The summed E-state index contributed by atoms with van der Waals surface area (Å²) in [6.07, 6.45) is 4.05. The third-order valence-corrected chi connectivity index (χ3v) is 5.30. The van der Waals surface area contributed by atoms with E-state index >= 15 is 0 Å². The van der Waals surface area contributed by atoms with E-state index in [4.69, 9.17) is 5.11 Å². The highest BCUT2D eigenvalue weighted by molar-refractivity contribution is 6.04. The number of carboxylic acids is 1. The maximum atomic E-state index is 12.4. The molecule has 4 rings (SSSR count). The number of rotatable bonds is 6. The zero-order valence-corrected chi connectivity index (χ0v) is 15.7. The number of aromatic carboxylic acids is 1. The van der Waals surface area contributed by atoms with Crippen molar-refractivity contribution in [3.05, 3.63) is 53.9 Å². The van der Waals surface area contributed by atoms with Gasteiger partial charge in [-0.25, -0.2) is 9.78 Å². The Hall–Kier alpha value is -2.93. The predicted molar refractivity (Wildman–Crippen MR) is 107 cm³/mol. The first-order chi connectivity index (χ1) is 13.6. The SMILES string of the molecule is O=C(Nc1cccc(N2CCN(CC3CC3)CC2)c1)c1ccc(C(=O)O)nc1. The Balaban J connectivity index is 1.36. The summed E-state index contributed by atoms with van der Waals surface area (Å²) in [4.78, 5) is 32.0. The average Bonchev–Trinajstić information content (AvgIpc) is 3.53. The van der Waals surface area contributed by atoms with Crippen LogP contribution in [0, 0.1) is 5.92 Å². The van der Waals surface area contributed by atoms with Crippen molar-refractivity contribution in [3.63, 3.8) is 0 Å². The molecule has 146 valence electrons. The number of anilines is 2. The molecular formula is C21H24N4O3. The minimum absolute atomic E-state index is 0.0839. The van der Waals surface area contributed by atoms with Gasteiger partial charge in [-0.3, -0.25) is 9.69 Å². The van der Waals surface area contributed by atoms with Crippen molar-refractivity contribution >= 4 is 23.3 Å². The first kappa shape index (κ1) is 18.4. The number of benzene rings is 1. The number of pyridine rings is 1. The number of carboxylic acid groups (broad SMARTS) is 1. The normalized spacial score (nSPS) is 17.4. The predicted octanol–water partition coefficient (Wildman–Crippen LogP) is 2.56. The largest absolute Gasteiger partial charge is 0.477 e. The molecule has 0 unspecified atom stereocenters. The molecule has 1 aliphatic carbocycles. The summed E-state index contributed by atoms with van der Waals surface area (Å²) in [5, 5.41) is 11.8. The first-order valence-electron chi connectivity index (χ1n) is 9.66. The lowest BCUT2D eigenvalue weighted by Gasteiger charge is -2.36. The fraction of sp³-hybridized carbons (Fsp3) is 0.381. The summed E-state index contributed by atoms with van der Waals surface area (Å²) in [7, 11) is 0. The Morgan fingerprint density at radius 3 is 2.54 bits per heavy atom. The molecule has 2 fully saturated rings. The van der Waals surface area contributed by atoms with Gasteiger partial charge >= 0.3 is 5.97 Å². The number of hydrogen-bond acceptors (Lipinski definition) is 5. The van der Waals surface area contributed by atoms with Gasteiger partial charge in [-0.1, -0.05) is 6.07 Å². The van der Waals surface area contributed by atoms with Gasteiger partial charge < -0.3 is 15.3 Å². The fourth-order valence-corrected chi connectivity index (χ4v) is 3.49. The van der Waals surface area contributed by atoms with Crippen LogP contribution in [0.25, 0.3) is 0 Å². The third kappa shape index (κ3) is 4.48. The van der Waals surface area contributed by atoms with Gasteiger partial charge in [-0.15, -0.1) is 0 Å². The Morgan fingerprint density at radius 2 is 1.89 bits per heavy atom. The highest BCUT2D eigenvalue weighted by atomic mass is 16.4. The van der Waals surface area contributed by atoms with E-state index in [1.54, 1.807) is 0 Å². The lowest BCUT2D eigenvalue weighted by Crippen LogP contribution is -2.47. The third-order valence-electron chi connectivity index (χ3n) is 5.30. The van der Waals surface area contributed by atoms with E-state index in [0.717, 1.165) is 37.8 Å². The maximum Gasteiger partial charge on any atom is 0.354 e. The Morgan fingerprint density at radius 1 is 1.11 bits per heavy atom. The van der Waals surface area contributed by atoms with E-state index in [0.29, 0.717) is 11.3 Å². The van der Waals surface area contributed by atoms with Crippen LogP contribution in [0.5, 0.6) is 0 Å². The van der Waals surface area contributed by atoms with Crippen LogP contribution < -0.4 is 10.2 Å². The fourth-order valence-electron chi connectivity index (χ4n) is 3.49. The summed E-state index contributed by atoms with van der Waals surface area (Å²) in [5.41, 5.74) is 2.05. The van der Waals surface area contributed by atoms with Gasteiger partial charge in [0.05, 0.1) is 5.56 Å². The highest BCUT2D eigenvalue weighted by Gasteiger charge is 2.26. The number of amides is 1. The second-order valence-electron chi connectivity index (χ2n) is 7.47. The van der Waals surface area contributed by atoms with E-state index < -0.39 is 5.97 Å². The summed E-state index contributed by atoms with van der Waals surface area (Å²) < 4.78 is 0. The molecule has 2 aromatic rings. The van der Waals surface area contributed by atoms with Crippen LogP contribution in [0.3, 0.4) is 0 Å². The van der Waals surface area contributed by atoms with Crippen molar-refractivity contribution in [2.24, 2.45) is 5.92 Å². The van der Waals surface area contributed by atoms with Crippen LogP contribution in [-0.4, -0.2) is 59.6 Å². The average molecular weight is 380 g/mol. The zero-order valence-electron chi connectivity index (χ0n) is 15.7. The number of piperazine rings is 1. The van der Waals surface area contributed by atoms with Gasteiger partial charge in [0.2, 0.25) is 0 Å². The van der Waals surface area contributed by atoms with Gasteiger partial charge in [-0.05, 0) is 49.1 Å². The highest BCUT2D eigenvalue weighted by Crippen LogP contribution is 2.30. The van der Waals surface area contributed by atoms with Gasteiger partial charge in [-0.2, -0.15) is 0 Å². The lowest BCUT2D eigenvalue weighted by atomic mass is 10.2. The molecule has 0 radical (unpaired) electrons. The van der Waals surface area contributed by atoms with Crippen LogP contribution in [0.2, 0.25) is 0 Å². The van der Waals surface area contributed by atoms with Crippen molar-refractivity contribution in [1.82, 2.24) is 9.88 Å². The van der Waals surface area contributed by atoms with Gasteiger partial charge in [0.25, 0.3) is 5.91 Å². The Kier molecular flexibility index (Phi) is 5.25. The molecule has 1 aromatic heterocycles. The smallest absolute Gasteiger partial charge is 0.354 e.